The van der Waals surface area contributed by atoms with Crippen LogP contribution in [0.4, 0.5) is 16.3 Å². The molecule has 3 rings (SSSR count). The van der Waals surface area contributed by atoms with E-state index in [2.05, 4.69) is 27.6 Å². The molecule has 9 nitrogen and oxygen atoms in total. The first-order valence-electron chi connectivity index (χ1n) is 9.19. The van der Waals surface area contributed by atoms with Crippen LogP contribution in [0.5, 0.6) is 0 Å². The fourth-order valence-electron chi connectivity index (χ4n) is 3.13. The van der Waals surface area contributed by atoms with Crippen LogP contribution in [-0.2, 0) is 4.79 Å². The third kappa shape index (κ3) is 4.87. The minimum atomic E-state index is -1.08. The Morgan fingerprint density at radius 2 is 2.03 bits per heavy atom. The van der Waals surface area contributed by atoms with E-state index in [0.29, 0.717) is 36.8 Å². The topological polar surface area (TPSA) is 122 Å². The van der Waals surface area contributed by atoms with E-state index in [1.54, 1.807) is 16.3 Å². The standard InChI is InChI=1S/C20H20N6O3S/c1-2-18-23-17(13-30-18)24-20(29)22-15(12-27)19(28)26-9-7-25(8-10-26)16-6-4-3-5-14(16)11-21/h1,3-6,13,15,27H,7-10,12H2,(H2,22,24,29). The van der Waals surface area contributed by atoms with E-state index in [9.17, 15) is 20.0 Å². The van der Waals surface area contributed by atoms with Crippen molar-refractivity contribution in [1.29, 1.82) is 5.26 Å². The summed E-state index contributed by atoms with van der Waals surface area (Å²) in [6, 6.07) is 7.76. The minimum Gasteiger partial charge on any atom is -0.394 e. The lowest BCUT2D eigenvalue weighted by Gasteiger charge is -2.37. The molecule has 1 atom stereocenters. The normalized spacial score (nSPS) is 14.4. The van der Waals surface area contributed by atoms with Crippen LogP contribution in [0.25, 0.3) is 0 Å². The fourth-order valence-corrected chi connectivity index (χ4v) is 3.68. The van der Waals surface area contributed by atoms with Crippen LogP contribution in [0, 0.1) is 23.7 Å². The van der Waals surface area contributed by atoms with Gasteiger partial charge in [-0.15, -0.1) is 17.8 Å². The molecule has 1 aromatic heterocycles. The number of nitriles is 1. The monoisotopic (exact) mass is 424 g/mol. The molecule has 1 aromatic carbocycles. The smallest absolute Gasteiger partial charge is 0.321 e. The summed E-state index contributed by atoms with van der Waals surface area (Å²) in [6.07, 6.45) is 5.25. The number of rotatable bonds is 5. The van der Waals surface area contributed by atoms with Crippen LogP contribution >= 0.6 is 11.3 Å². The maximum atomic E-state index is 12.7. The van der Waals surface area contributed by atoms with Gasteiger partial charge in [0.15, 0.2) is 5.01 Å². The number of carbonyl (C=O) groups excluding carboxylic acids is 2. The molecule has 1 aliphatic rings. The predicted molar refractivity (Wildman–Crippen MR) is 113 cm³/mol. The van der Waals surface area contributed by atoms with Gasteiger partial charge in [-0.3, -0.25) is 10.1 Å². The Morgan fingerprint density at radius 3 is 2.67 bits per heavy atom. The van der Waals surface area contributed by atoms with Gasteiger partial charge in [0.2, 0.25) is 5.91 Å². The first-order valence-corrected chi connectivity index (χ1v) is 10.1. The average Bonchev–Trinajstić information content (AvgIpc) is 3.24. The Morgan fingerprint density at radius 1 is 1.30 bits per heavy atom. The molecule has 154 valence electrons. The molecule has 0 saturated carbocycles. The lowest BCUT2D eigenvalue weighted by molar-refractivity contribution is -0.134. The SMILES string of the molecule is C#Cc1nc(NC(=O)NC(CO)C(=O)N2CCN(c3ccccc3C#N)CC2)cs1. The highest BCUT2D eigenvalue weighted by Crippen LogP contribution is 2.21. The molecule has 2 heterocycles. The van der Waals surface area contributed by atoms with Gasteiger partial charge in [-0.2, -0.15) is 5.26 Å². The van der Waals surface area contributed by atoms with Crippen molar-refractivity contribution in [3.05, 3.63) is 40.2 Å². The third-order valence-electron chi connectivity index (χ3n) is 4.61. The number of urea groups is 1. The fraction of sp³-hybridized carbons (Fsp3) is 0.300. The molecule has 0 spiro atoms. The molecule has 0 bridgehead atoms. The zero-order chi connectivity index (χ0) is 21.5. The second-order valence-corrected chi connectivity index (χ2v) is 7.32. The summed E-state index contributed by atoms with van der Waals surface area (Å²) in [5.74, 6) is 2.27. The molecule has 2 aromatic rings. The van der Waals surface area contributed by atoms with E-state index < -0.39 is 18.7 Å². The van der Waals surface area contributed by atoms with Gasteiger partial charge in [-0.05, 0) is 18.1 Å². The number of terminal acetylenes is 1. The zero-order valence-electron chi connectivity index (χ0n) is 16.0. The highest BCUT2D eigenvalue weighted by atomic mass is 32.1. The van der Waals surface area contributed by atoms with Gasteiger partial charge >= 0.3 is 6.03 Å². The van der Waals surface area contributed by atoms with Crippen molar-refractivity contribution in [2.24, 2.45) is 0 Å². The number of para-hydroxylation sites is 1. The average molecular weight is 424 g/mol. The van der Waals surface area contributed by atoms with Crippen molar-refractivity contribution in [3.8, 4) is 18.4 Å². The van der Waals surface area contributed by atoms with Gasteiger partial charge in [0.05, 0.1) is 17.9 Å². The highest BCUT2D eigenvalue weighted by molar-refractivity contribution is 7.10. The van der Waals surface area contributed by atoms with Crippen molar-refractivity contribution in [2.45, 2.75) is 6.04 Å². The summed E-state index contributed by atoms with van der Waals surface area (Å²) in [6.45, 7) is 1.38. The number of aliphatic hydroxyl groups excluding tert-OH is 1. The van der Waals surface area contributed by atoms with Crippen LogP contribution in [0.15, 0.2) is 29.6 Å². The minimum absolute atomic E-state index is 0.277. The maximum absolute atomic E-state index is 12.7. The molecule has 3 amide bonds. The van der Waals surface area contributed by atoms with Gasteiger partial charge in [-0.1, -0.05) is 12.1 Å². The van der Waals surface area contributed by atoms with Crippen LogP contribution in [-0.4, -0.2) is 65.8 Å². The van der Waals surface area contributed by atoms with Gasteiger partial charge in [-0.25, -0.2) is 9.78 Å². The predicted octanol–water partition coefficient (Wildman–Crippen LogP) is 0.827. The van der Waals surface area contributed by atoms with Crippen molar-refractivity contribution in [2.75, 3.05) is 43.0 Å². The summed E-state index contributed by atoms with van der Waals surface area (Å²) in [5, 5.41) is 25.8. The van der Waals surface area contributed by atoms with Crippen LogP contribution in [0.3, 0.4) is 0 Å². The molecule has 1 aliphatic heterocycles. The lowest BCUT2D eigenvalue weighted by atomic mass is 10.1. The third-order valence-corrected chi connectivity index (χ3v) is 5.39. The van der Waals surface area contributed by atoms with Crippen LogP contribution < -0.4 is 15.5 Å². The molecule has 30 heavy (non-hydrogen) atoms. The summed E-state index contributed by atoms with van der Waals surface area (Å²) in [5.41, 5.74) is 1.41. The second-order valence-electron chi connectivity index (χ2n) is 6.46. The zero-order valence-corrected chi connectivity index (χ0v) is 16.9. The van der Waals surface area contributed by atoms with Crippen molar-refractivity contribution >= 4 is 34.8 Å². The number of anilines is 2. The van der Waals surface area contributed by atoms with Crippen LogP contribution in [0.2, 0.25) is 0 Å². The van der Waals surface area contributed by atoms with Gasteiger partial charge < -0.3 is 20.2 Å². The molecule has 0 aliphatic carbocycles. The molecule has 0 radical (unpaired) electrons. The Kier molecular flexibility index (Phi) is 6.86. The number of hydrogen-bond acceptors (Lipinski definition) is 7. The van der Waals surface area contributed by atoms with Crippen LogP contribution in [0.1, 0.15) is 10.6 Å². The van der Waals surface area contributed by atoms with E-state index in [1.165, 1.54) is 11.3 Å². The molecule has 1 fully saturated rings. The van der Waals surface area contributed by atoms with E-state index >= 15 is 0 Å². The molecular weight excluding hydrogens is 404 g/mol. The van der Waals surface area contributed by atoms with E-state index in [1.807, 2.05) is 23.1 Å². The molecule has 1 unspecified atom stereocenters. The summed E-state index contributed by atoms with van der Waals surface area (Å²) < 4.78 is 0. The Labute approximate surface area is 177 Å². The Balaban J connectivity index is 1.55. The quantitative estimate of drug-likeness (QED) is 0.611. The summed E-state index contributed by atoms with van der Waals surface area (Å²) in [4.78, 5) is 32.5. The number of thiazole rings is 1. The van der Waals surface area contributed by atoms with E-state index in [4.69, 9.17) is 6.42 Å². The number of carbonyl (C=O) groups is 2. The Bertz CT molecular complexity index is 1000. The summed E-state index contributed by atoms with van der Waals surface area (Å²) in [7, 11) is 0. The second kappa shape index (κ2) is 9.74. The number of piperazine rings is 1. The number of amides is 3. The first-order chi connectivity index (χ1) is 14.5. The van der Waals surface area contributed by atoms with Gasteiger partial charge in [0, 0.05) is 31.6 Å². The van der Waals surface area contributed by atoms with Crippen molar-refractivity contribution in [3.63, 3.8) is 0 Å². The van der Waals surface area contributed by atoms with Gasteiger partial charge in [0.1, 0.15) is 17.9 Å². The largest absolute Gasteiger partial charge is 0.394 e. The number of nitrogens with zero attached hydrogens (tertiary/aromatic N) is 4. The molecule has 3 N–H and O–H groups in total. The molecule has 10 heteroatoms. The Hall–Kier alpha value is -3.60. The molecular formula is C20H20N6O3S. The lowest BCUT2D eigenvalue weighted by Crippen LogP contribution is -2.56. The molecule has 1 saturated heterocycles. The maximum Gasteiger partial charge on any atom is 0.321 e. The first kappa shape index (κ1) is 21.1. The number of nitrogens with one attached hydrogen (secondary N) is 2. The number of aromatic nitrogens is 1. The summed E-state index contributed by atoms with van der Waals surface area (Å²) >= 11 is 1.21. The van der Waals surface area contributed by atoms with Crippen molar-refractivity contribution in [1.82, 2.24) is 15.2 Å². The van der Waals surface area contributed by atoms with E-state index in [-0.39, 0.29) is 11.7 Å². The number of benzene rings is 1. The number of hydrogen-bond donors (Lipinski definition) is 3. The number of aliphatic hydroxyl groups is 1. The van der Waals surface area contributed by atoms with E-state index in [0.717, 1.165) is 5.69 Å². The highest BCUT2D eigenvalue weighted by Gasteiger charge is 2.29. The van der Waals surface area contributed by atoms with Crippen molar-refractivity contribution < 1.29 is 14.7 Å². The van der Waals surface area contributed by atoms with Gasteiger partial charge in [0.25, 0.3) is 0 Å².